The summed E-state index contributed by atoms with van der Waals surface area (Å²) in [6, 6.07) is 18.3. The fraction of sp³-hybridized carbons (Fsp3) is 0.538. The lowest BCUT2D eigenvalue weighted by Gasteiger charge is -2.58. The number of rotatable bonds is 9. The van der Waals surface area contributed by atoms with Crippen LogP contribution in [-0.2, 0) is 0 Å². The van der Waals surface area contributed by atoms with Gasteiger partial charge in [-0.3, -0.25) is 0 Å². The van der Waals surface area contributed by atoms with Crippen LogP contribution in [0.5, 0.6) is 11.5 Å². The highest BCUT2D eigenvalue weighted by Gasteiger charge is 2.62. The van der Waals surface area contributed by atoms with Gasteiger partial charge in [0.15, 0.2) is 0 Å². The second-order valence-electron chi connectivity index (χ2n) is 9.81. The van der Waals surface area contributed by atoms with Crippen LogP contribution < -0.4 is 19.8 Å². The van der Waals surface area contributed by atoms with Gasteiger partial charge in [-0.05, 0) is 46.4 Å². The first-order valence-electron chi connectivity index (χ1n) is 11.4. The molecule has 0 aliphatic carbocycles. The maximum Gasteiger partial charge on any atom is 0.118 e. The summed E-state index contributed by atoms with van der Waals surface area (Å²) in [4.78, 5) is 0. The SMILES string of the molecule is COc1ccc([Si](C(C)C)(C(C)C)[Si](c2ccc(OC)cc2)(C(C)C)C(C)C)cc1. The van der Waals surface area contributed by atoms with Crippen LogP contribution in [0.15, 0.2) is 48.5 Å². The van der Waals surface area contributed by atoms with Gasteiger partial charge in [0.05, 0.1) is 29.4 Å². The third-order valence-corrected chi connectivity index (χ3v) is 31.5. The molecule has 0 atom stereocenters. The first kappa shape index (κ1) is 24.7. The van der Waals surface area contributed by atoms with Crippen LogP contribution in [0.4, 0.5) is 0 Å². The topological polar surface area (TPSA) is 18.5 Å². The Bertz CT molecular complexity index is 707. The molecule has 0 aliphatic heterocycles. The molecule has 0 unspecified atom stereocenters. The van der Waals surface area contributed by atoms with E-state index >= 15 is 0 Å². The largest absolute Gasteiger partial charge is 0.497 e. The highest BCUT2D eigenvalue weighted by molar-refractivity contribution is 7.53. The first-order valence-corrected chi connectivity index (χ1v) is 16.7. The smallest absolute Gasteiger partial charge is 0.118 e. The maximum atomic E-state index is 5.51. The van der Waals surface area contributed by atoms with Crippen LogP contribution in [0.1, 0.15) is 55.4 Å². The molecule has 0 N–H and O–H groups in total. The molecule has 2 rings (SSSR count). The van der Waals surface area contributed by atoms with Crippen LogP contribution in [-0.4, -0.2) is 29.4 Å². The highest BCUT2D eigenvalue weighted by Crippen LogP contribution is 2.49. The van der Waals surface area contributed by atoms with Gasteiger partial charge in [0, 0.05) is 0 Å². The summed E-state index contributed by atoms with van der Waals surface area (Å²) in [5.74, 6) is 1.89. The predicted octanol–water partition coefficient (Wildman–Crippen LogP) is 6.43. The van der Waals surface area contributed by atoms with Crippen molar-refractivity contribution in [1.82, 2.24) is 0 Å². The molecular weight excluding hydrogens is 400 g/mol. The zero-order valence-electron chi connectivity index (χ0n) is 20.7. The summed E-state index contributed by atoms with van der Waals surface area (Å²) in [6.07, 6.45) is 0. The van der Waals surface area contributed by atoms with E-state index in [9.17, 15) is 0 Å². The Morgan fingerprint density at radius 1 is 0.467 bits per heavy atom. The third kappa shape index (κ3) is 3.77. The molecule has 0 aliphatic rings. The highest BCUT2D eigenvalue weighted by atomic mass is 29.3. The summed E-state index contributed by atoms with van der Waals surface area (Å²) in [5.41, 5.74) is 2.57. The molecule has 166 valence electrons. The standard InChI is InChI=1S/C26H42O2Si2/c1-19(2)29(20(3)4,25-15-11-23(27-9)12-16-25)30(21(5)6,22(7)8)26-17-13-24(28-10)14-18-26/h11-22H,1-10H3. The van der Waals surface area contributed by atoms with Gasteiger partial charge >= 0.3 is 0 Å². The van der Waals surface area contributed by atoms with Gasteiger partial charge in [-0.15, -0.1) is 0 Å². The van der Waals surface area contributed by atoms with Crippen molar-refractivity contribution >= 4 is 25.6 Å². The van der Waals surface area contributed by atoms with Crippen LogP contribution in [0, 0.1) is 0 Å². The van der Waals surface area contributed by atoms with E-state index < -0.39 is 15.2 Å². The molecule has 0 fully saturated rings. The minimum atomic E-state index is -1.99. The summed E-state index contributed by atoms with van der Waals surface area (Å²) < 4.78 is 11.0. The Morgan fingerprint density at radius 3 is 0.867 bits per heavy atom. The predicted molar refractivity (Wildman–Crippen MR) is 137 cm³/mol. The maximum absolute atomic E-state index is 5.51. The Hall–Kier alpha value is -1.53. The molecule has 0 amide bonds. The Morgan fingerprint density at radius 2 is 0.700 bits per heavy atom. The fourth-order valence-electron chi connectivity index (χ4n) is 6.79. The Balaban J connectivity index is 2.97. The molecule has 30 heavy (non-hydrogen) atoms. The van der Waals surface area contributed by atoms with Gasteiger partial charge in [-0.2, -0.15) is 0 Å². The number of hydrogen-bond acceptors (Lipinski definition) is 2. The lowest BCUT2D eigenvalue weighted by Crippen LogP contribution is -2.80. The van der Waals surface area contributed by atoms with Crippen molar-refractivity contribution in [2.24, 2.45) is 0 Å². The number of methoxy groups -OCH3 is 2. The number of ether oxygens (including phenoxy) is 2. The van der Waals surface area contributed by atoms with Gasteiger partial charge in [-0.1, -0.05) is 90.0 Å². The van der Waals surface area contributed by atoms with Crippen LogP contribution >= 0.6 is 0 Å². The van der Waals surface area contributed by atoms with Gasteiger partial charge in [0.2, 0.25) is 0 Å². The zero-order valence-corrected chi connectivity index (χ0v) is 22.7. The number of hydrogen-bond donors (Lipinski definition) is 0. The molecule has 0 bridgehead atoms. The minimum absolute atomic E-state index is 0.643. The van der Waals surface area contributed by atoms with Crippen molar-refractivity contribution < 1.29 is 9.47 Å². The molecule has 2 nitrogen and oxygen atoms in total. The second-order valence-corrected chi connectivity index (χ2v) is 24.0. The minimum Gasteiger partial charge on any atom is -0.497 e. The second kappa shape index (κ2) is 9.74. The monoisotopic (exact) mass is 442 g/mol. The van der Waals surface area contributed by atoms with Crippen molar-refractivity contribution in [3.63, 3.8) is 0 Å². The van der Waals surface area contributed by atoms with E-state index in [4.69, 9.17) is 9.47 Å². The van der Waals surface area contributed by atoms with E-state index in [1.54, 1.807) is 24.6 Å². The Kier molecular flexibility index (Phi) is 8.03. The summed E-state index contributed by atoms with van der Waals surface area (Å²) >= 11 is 0. The number of benzene rings is 2. The van der Waals surface area contributed by atoms with Crippen molar-refractivity contribution in [3.8, 4) is 11.5 Å². The zero-order chi connectivity index (χ0) is 22.7. The normalized spacial score (nSPS) is 12.9. The average molecular weight is 443 g/mol. The quantitative estimate of drug-likeness (QED) is 0.416. The molecule has 2 aromatic rings. The van der Waals surface area contributed by atoms with E-state index in [1.165, 1.54) is 0 Å². The third-order valence-electron chi connectivity index (χ3n) is 7.46. The summed E-state index contributed by atoms with van der Waals surface area (Å²) in [6.45, 7) is 19.9. The van der Waals surface area contributed by atoms with Crippen molar-refractivity contribution in [1.29, 1.82) is 0 Å². The first-order chi connectivity index (χ1) is 14.1. The molecule has 0 aromatic heterocycles. The van der Waals surface area contributed by atoms with Gasteiger partial charge < -0.3 is 9.47 Å². The van der Waals surface area contributed by atoms with E-state index in [0.717, 1.165) is 11.5 Å². The van der Waals surface area contributed by atoms with Gasteiger partial charge in [-0.25, -0.2) is 0 Å². The van der Waals surface area contributed by atoms with Crippen molar-refractivity contribution in [2.45, 2.75) is 77.6 Å². The van der Waals surface area contributed by atoms with E-state index in [-0.39, 0.29) is 0 Å². The lowest BCUT2D eigenvalue weighted by atomic mass is 10.3. The molecule has 0 heterocycles. The van der Waals surface area contributed by atoms with Gasteiger partial charge in [0.1, 0.15) is 11.5 Å². The van der Waals surface area contributed by atoms with Crippen LogP contribution in [0.2, 0.25) is 22.2 Å². The van der Waals surface area contributed by atoms with Crippen LogP contribution in [0.3, 0.4) is 0 Å². The molecule has 0 saturated carbocycles. The van der Waals surface area contributed by atoms with Crippen LogP contribution in [0.25, 0.3) is 0 Å². The molecule has 0 saturated heterocycles. The Labute approximate surface area is 186 Å². The lowest BCUT2D eigenvalue weighted by molar-refractivity contribution is 0.415. The summed E-state index contributed by atoms with van der Waals surface area (Å²) in [5, 5.41) is 3.19. The molecular formula is C26H42O2Si2. The van der Waals surface area contributed by atoms with Crippen molar-refractivity contribution in [2.75, 3.05) is 14.2 Å². The van der Waals surface area contributed by atoms with E-state index in [0.29, 0.717) is 22.2 Å². The fourth-order valence-corrected chi connectivity index (χ4v) is 33.7. The van der Waals surface area contributed by atoms with Crippen molar-refractivity contribution in [3.05, 3.63) is 48.5 Å². The average Bonchev–Trinajstić information content (AvgIpc) is 2.71. The van der Waals surface area contributed by atoms with E-state index in [2.05, 4.69) is 104 Å². The molecule has 4 heteroatoms. The van der Waals surface area contributed by atoms with E-state index in [1.807, 2.05) is 0 Å². The molecule has 0 radical (unpaired) electrons. The summed E-state index contributed by atoms with van der Waals surface area (Å²) in [7, 11) is -0.481. The molecule has 0 spiro atoms. The van der Waals surface area contributed by atoms with Gasteiger partial charge in [0.25, 0.3) is 0 Å². The molecule has 2 aromatic carbocycles.